The van der Waals surface area contributed by atoms with Gasteiger partial charge in [-0.25, -0.2) is 4.79 Å². The predicted molar refractivity (Wildman–Crippen MR) is 91.3 cm³/mol. The lowest BCUT2D eigenvalue weighted by molar-refractivity contribution is -0.120. The summed E-state index contributed by atoms with van der Waals surface area (Å²) in [5.74, 6) is 0.00210. The molecular formula is C17H33N3O3. The first-order valence-electron chi connectivity index (χ1n) is 8.61. The fraction of sp³-hybridized carbons (Fsp3) is 0.882. The van der Waals surface area contributed by atoms with E-state index in [1.54, 1.807) is 0 Å². The van der Waals surface area contributed by atoms with Gasteiger partial charge in [0.1, 0.15) is 5.60 Å². The highest BCUT2D eigenvalue weighted by Crippen LogP contribution is 2.23. The van der Waals surface area contributed by atoms with E-state index in [-0.39, 0.29) is 30.1 Å². The van der Waals surface area contributed by atoms with Gasteiger partial charge in [0, 0.05) is 24.7 Å². The molecule has 1 rings (SSSR count). The number of hydrogen-bond acceptors (Lipinski definition) is 4. The Kier molecular flexibility index (Phi) is 7.32. The van der Waals surface area contributed by atoms with E-state index in [9.17, 15) is 9.59 Å². The first-order chi connectivity index (χ1) is 10.6. The monoisotopic (exact) mass is 327 g/mol. The molecular weight excluding hydrogens is 294 g/mol. The van der Waals surface area contributed by atoms with Crippen molar-refractivity contribution >= 4 is 12.0 Å². The minimum atomic E-state index is -0.469. The van der Waals surface area contributed by atoms with Gasteiger partial charge in [-0.3, -0.25) is 4.79 Å². The van der Waals surface area contributed by atoms with E-state index in [4.69, 9.17) is 4.74 Å². The molecule has 1 heterocycles. The average Bonchev–Trinajstić information content (AvgIpc) is 2.81. The number of carbonyl (C=O) groups is 2. The van der Waals surface area contributed by atoms with Gasteiger partial charge in [0.05, 0.1) is 6.54 Å². The lowest BCUT2D eigenvalue weighted by Gasteiger charge is -2.30. The molecule has 1 aliphatic heterocycles. The van der Waals surface area contributed by atoms with Crippen molar-refractivity contribution < 1.29 is 14.3 Å². The first kappa shape index (κ1) is 19.7. The molecule has 2 unspecified atom stereocenters. The molecule has 0 aromatic rings. The quantitative estimate of drug-likeness (QED) is 0.785. The van der Waals surface area contributed by atoms with Crippen LogP contribution >= 0.6 is 0 Å². The number of rotatable bonds is 6. The normalized spacial score (nSPS) is 19.8. The molecule has 0 saturated carbocycles. The molecule has 6 nitrogen and oxygen atoms in total. The predicted octanol–water partition coefficient (Wildman–Crippen LogP) is 2.28. The van der Waals surface area contributed by atoms with Gasteiger partial charge in [0.25, 0.3) is 0 Å². The fourth-order valence-electron chi connectivity index (χ4n) is 2.77. The topological polar surface area (TPSA) is 70.7 Å². The van der Waals surface area contributed by atoms with Gasteiger partial charge in [-0.2, -0.15) is 0 Å². The SMILES string of the molecule is CC(C)NC(=O)CNC(C)CC1CCCN1C(=O)OC(C)(C)C. The Morgan fingerprint density at radius 1 is 1.26 bits per heavy atom. The number of carbonyl (C=O) groups excluding carboxylic acids is 2. The van der Waals surface area contributed by atoms with Crippen LogP contribution in [0.25, 0.3) is 0 Å². The molecule has 2 amide bonds. The van der Waals surface area contributed by atoms with Crippen LogP contribution in [0, 0.1) is 0 Å². The van der Waals surface area contributed by atoms with Crippen molar-refractivity contribution in [2.45, 2.75) is 84.5 Å². The fourth-order valence-corrected chi connectivity index (χ4v) is 2.77. The van der Waals surface area contributed by atoms with Gasteiger partial charge in [-0.05, 0) is 60.8 Å². The highest BCUT2D eigenvalue weighted by Gasteiger charge is 2.32. The molecule has 2 atom stereocenters. The Hall–Kier alpha value is -1.30. The zero-order valence-electron chi connectivity index (χ0n) is 15.4. The van der Waals surface area contributed by atoms with Crippen molar-refractivity contribution in [1.29, 1.82) is 0 Å². The van der Waals surface area contributed by atoms with E-state index < -0.39 is 5.60 Å². The summed E-state index contributed by atoms with van der Waals surface area (Å²) in [6.07, 6.45) is 2.59. The standard InChI is InChI=1S/C17H33N3O3/c1-12(2)19-15(21)11-18-13(3)10-14-8-7-9-20(14)16(22)23-17(4,5)6/h12-14,18H,7-11H2,1-6H3,(H,19,21). The molecule has 6 heteroatoms. The van der Waals surface area contributed by atoms with Crippen LogP contribution in [0.1, 0.15) is 60.8 Å². The maximum absolute atomic E-state index is 12.3. The van der Waals surface area contributed by atoms with Crippen molar-refractivity contribution in [3.05, 3.63) is 0 Å². The van der Waals surface area contributed by atoms with Crippen molar-refractivity contribution in [2.75, 3.05) is 13.1 Å². The van der Waals surface area contributed by atoms with E-state index in [1.807, 2.05) is 46.4 Å². The van der Waals surface area contributed by atoms with Gasteiger partial charge in [-0.15, -0.1) is 0 Å². The molecule has 0 aromatic heterocycles. The van der Waals surface area contributed by atoms with Gasteiger partial charge >= 0.3 is 6.09 Å². The lowest BCUT2D eigenvalue weighted by Crippen LogP contribution is -2.45. The van der Waals surface area contributed by atoms with Crippen molar-refractivity contribution in [3.8, 4) is 0 Å². The number of likely N-dealkylation sites (tertiary alicyclic amines) is 1. The van der Waals surface area contributed by atoms with Crippen LogP contribution in [0.4, 0.5) is 4.79 Å². The molecule has 134 valence electrons. The summed E-state index contributed by atoms with van der Waals surface area (Å²) in [5.41, 5.74) is -0.469. The zero-order valence-corrected chi connectivity index (χ0v) is 15.4. The summed E-state index contributed by atoms with van der Waals surface area (Å²) in [6, 6.07) is 0.499. The van der Waals surface area contributed by atoms with Crippen LogP contribution in [0.2, 0.25) is 0 Å². The first-order valence-corrected chi connectivity index (χ1v) is 8.61. The van der Waals surface area contributed by atoms with Crippen molar-refractivity contribution in [1.82, 2.24) is 15.5 Å². The summed E-state index contributed by atoms with van der Waals surface area (Å²) in [7, 11) is 0. The summed E-state index contributed by atoms with van der Waals surface area (Å²) >= 11 is 0. The van der Waals surface area contributed by atoms with E-state index in [0.717, 1.165) is 25.8 Å². The number of ether oxygens (including phenoxy) is 1. The van der Waals surface area contributed by atoms with Crippen molar-refractivity contribution in [3.63, 3.8) is 0 Å². The molecule has 1 fully saturated rings. The Bertz CT molecular complexity index is 404. The highest BCUT2D eigenvalue weighted by atomic mass is 16.6. The van der Waals surface area contributed by atoms with Gasteiger partial charge < -0.3 is 20.3 Å². The molecule has 0 aliphatic carbocycles. The number of amides is 2. The maximum atomic E-state index is 12.3. The smallest absolute Gasteiger partial charge is 0.410 e. The number of nitrogens with zero attached hydrogens (tertiary/aromatic N) is 1. The van der Waals surface area contributed by atoms with E-state index in [0.29, 0.717) is 6.54 Å². The summed E-state index contributed by atoms with van der Waals surface area (Å²) in [6.45, 7) is 12.6. The average molecular weight is 327 g/mol. The van der Waals surface area contributed by atoms with Gasteiger partial charge in [0.2, 0.25) is 5.91 Å². The zero-order chi connectivity index (χ0) is 17.6. The van der Waals surface area contributed by atoms with Crippen LogP contribution in [0.15, 0.2) is 0 Å². The van der Waals surface area contributed by atoms with Crippen LogP contribution < -0.4 is 10.6 Å². The second kappa shape index (κ2) is 8.52. The van der Waals surface area contributed by atoms with Crippen molar-refractivity contribution in [2.24, 2.45) is 0 Å². The molecule has 1 aliphatic rings. The van der Waals surface area contributed by atoms with Gasteiger partial charge in [0.15, 0.2) is 0 Å². The van der Waals surface area contributed by atoms with Gasteiger partial charge in [-0.1, -0.05) is 0 Å². The summed E-state index contributed by atoms with van der Waals surface area (Å²) in [4.78, 5) is 25.8. The summed E-state index contributed by atoms with van der Waals surface area (Å²) in [5, 5.41) is 6.09. The Labute approximate surface area is 140 Å². The number of nitrogens with one attached hydrogen (secondary N) is 2. The third-order valence-electron chi connectivity index (χ3n) is 3.69. The molecule has 0 spiro atoms. The molecule has 0 bridgehead atoms. The molecule has 23 heavy (non-hydrogen) atoms. The molecule has 2 N–H and O–H groups in total. The molecule has 0 radical (unpaired) electrons. The maximum Gasteiger partial charge on any atom is 0.410 e. The minimum Gasteiger partial charge on any atom is -0.444 e. The van der Waals surface area contributed by atoms with E-state index in [2.05, 4.69) is 10.6 Å². The Balaban J connectivity index is 2.42. The second-order valence-electron chi connectivity index (χ2n) is 7.71. The summed E-state index contributed by atoms with van der Waals surface area (Å²) < 4.78 is 5.48. The Morgan fingerprint density at radius 3 is 2.48 bits per heavy atom. The minimum absolute atomic E-state index is 0.00210. The second-order valence-corrected chi connectivity index (χ2v) is 7.71. The molecule has 0 aromatic carbocycles. The largest absolute Gasteiger partial charge is 0.444 e. The molecule has 1 saturated heterocycles. The third-order valence-corrected chi connectivity index (χ3v) is 3.69. The third kappa shape index (κ3) is 7.68. The van der Waals surface area contributed by atoms with E-state index >= 15 is 0 Å². The van der Waals surface area contributed by atoms with Crippen LogP contribution in [0.5, 0.6) is 0 Å². The van der Waals surface area contributed by atoms with E-state index in [1.165, 1.54) is 0 Å². The highest BCUT2D eigenvalue weighted by molar-refractivity contribution is 5.78. The van der Waals surface area contributed by atoms with Crippen LogP contribution in [-0.2, 0) is 9.53 Å². The lowest BCUT2D eigenvalue weighted by atomic mass is 10.1. The number of hydrogen-bond donors (Lipinski definition) is 2. The van der Waals surface area contributed by atoms with Crippen LogP contribution in [0.3, 0.4) is 0 Å². The van der Waals surface area contributed by atoms with Crippen LogP contribution in [-0.4, -0.2) is 53.7 Å². The Morgan fingerprint density at radius 2 is 1.91 bits per heavy atom.